The van der Waals surface area contributed by atoms with E-state index in [2.05, 4.69) is 52.1 Å². The topological polar surface area (TPSA) is 29.3 Å². The minimum Gasteiger partial charge on any atom is -0.329 e. The van der Waals surface area contributed by atoms with Crippen LogP contribution in [0.5, 0.6) is 0 Å². The van der Waals surface area contributed by atoms with Gasteiger partial charge in [-0.2, -0.15) is 0 Å². The van der Waals surface area contributed by atoms with Crippen LogP contribution < -0.4 is 5.73 Å². The van der Waals surface area contributed by atoms with Gasteiger partial charge < -0.3 is 5.73 Å². The summed E-state index contributed by atoms with van der Waals surface area (Å²) in [5.41, 5.74) is 7.44. The summed E-state index contributed by atoms with van der Waals surface area (Å²) >= 11 is 3.55. The molecule has 20 heavy (non-hydrogen) atoms. The van der Waals surface area contributed by atoms with Crippen LogP contribution in [0, 0.1) is 5.92 Å². The van der Waals surface area contributed by atoms with Crippen molar-refractivity contribution in [1.29, 1.82) is 0 Å². The van der Waals surface area contributed by atoms with E-state index < -0.39 is 0 Å². The van der Waals surface area contributed by atoms with E-state index in [1.54, 1.807) is 0 Å². The summed E-state index contributed by atoms with van der Waals surface area (Å²) in [6.45, 7) is 1.76. The fraction of sp³-hybridized carbons (Fsp3) is 0.647. The summed E-state index contributed by atoms with van der Waals surface area (Å²) in [6.07, 6.45) is 8.28. The van der Waals surface area contributed by atoms with Gasteiger partial charge in [0.15, 0.2) is 0 Å². The van der Waals surface area contributed by atoms with Crippen LogP contribution in [-0.4, -0.2) is 24.5 Å². The Morgan fingerprint density at radius 3 is 2.55 bits per heavy atom. The molecule has 0 amide bonds. The molecule has 1 aliphatic rings. The Kier molecular flexibility index (Phi) is 6.53. The highest BCUT2D eigenvalue weighted by Crippen LogP contribution is 2.28. The molecule has 112 valence electrons. The van der Waals surface area contributed by atoms with Crippen molar-refractivity contribution in [2.45, 2.75) is 51.1 Å². The first-order valence-corrected chi connectivity index (χ1v) is 8.64. The Morgan fingerprint density at radius 1 is 1.25 bits per heavy atom. The summed E-state index contributed by atoms with van der Waals surface area (Å²) in [6, 6.07) is 9.11. The van der Waals surface area contributed by atoms with Crippen LogP contribution in [-0.2, 0) is 6.54 Å². The molecule has 2 N–H and O–H groups in total. The van der Waals surface area contributed by atoms with Gasteiger partial charge in [0.2, 0.25) is 0 Å². The molecule has 0 bridgehead atoms. The van der Waals surface area contributed by atoms with E-state index in [9.17, 15) is 0 Å². The number of hydrogen-bond donors (Lipinski definition) is 1. The summed E-state index contributed by atoms with van der Waals surface area (Å²) < 4.78 is 1.15. The quantitative estimate of drug-likeness (QED) is 0.816. The smallest absolute Gasteiger partial charge is 0.0247 e. The Labute approximate surface area is 131 Å². The normalized spacial score (nSPS) is 19.0. The number of hydrogen-bond acceptors (Lipinski definition) is 2. The van der Waals surface area contributed by atoms with Crippen molar-refractivity contribution in [3.05, 3.63) is 34.3 Å². The average Bonchev–Trinajstić information content (AvgIpc) is 2.69. The molecule has 1 fully saturated rings. The molecule has 2 nitrogen and oxygen atoms in total. The number of rotatable bonds is 5. The monoisotopic (exact) mass is 338 g/mol. The molecule has 1 aromatic rings. The van der Waals surface area contributed by atoms with E-state index >= 15 is 0 Å². The van der Waals surface area contributed by atoms with Gasteiger partial charge in [-0.1, -0.05) is 53.7 Å². The standard InChI is InChI=1S/C17H27BrN2/c1-20(13-14-7-6-10-16(18)11-14)17(12-19)15-8-4-2-3-5-9-15/h6-7,10-11,15,17H,2-5,8-9,12-13,19H2,1H3. The zero-order valence-corrected chi connectivity index (χ0v) is 14.1. The second-order valence-electron chi connectivity index (χ2n) is 6.10. The third-order valence-electron chi connectivity index (χ3n) is 4.57. The number of nitrogens with zero attached hydrogens (tertiary/aromatic N) is 1. The molecule has 0 radical (unpaired) electrons. The largest absolute Gasteiger partial charge is 0.329 e. The predicted molar refractivity (Wildman–Crippen MR) is 89.6 cm³/mol. The minimum absolute atomic E-state index is 0.520. The first kappa shape index (κ1) is 16.0. The van der Waals surface area contributed by atoms with Crippen molar-refractivity contribution in [1.82, 2.24) is 4.90 Å². The molecule has 1 aliphatic carbocycles. The molecule has 3 heteroatoms. The summed E-state index contributed by atoms with van der Waals surface area (Å²) in [7, 11) is 2.23. The van der Waals surface area contributed by atoms with Gasteiger partial charge in [-0.3, -0.25) is 4.90 Å². The number of nitrogens with two attached hydrogens (primary N) is 1. The minimum atomic E-state index is 0.520. The summed E-state index contributed by atoms with van der Waals surface area (Å²) in [5.74, 6) is 0.777. The first-order valence-electron chi connectivity index (χ1n) is 7.85. The highest BCUT2D eigenvalue weighted by molar-refractivity contribution is 9.10. The van der Waals surface area contributed by atoms with Crippen LogP contribution in [0.4, 0.5) is 0 Å². The van der Waals surface area contributed by atoms with Gasteiger partial charge in [-0.15, -0.1) is 0 Å². The molecule has 0 aliphatic heterocycles. The van der Waals surface area contributed by atoms with Gasteiger partial charge in [-0.05, 0) is 43.5 Å². The van der Waals surface area contributed by atoms with E-state index in [1.807, 2.05) is 0 Å². The molecule has 1 atom stereocenters. The molecule has 1 aromatic carbocycles. The highest BCUT2D eigenvalue weighted by atomic mass is 79.9. The first-order chi connectivity index (χ1) is 9.70. The van der Waals surface area contributed by atoms with Gasteiger partial charge in [0.25, 0.3) is 0 Å². The number of benzene rings is 1. The molecular weight excluding hydrogens is 312 g/mol. The van der Waals surface area contributed by atoms with Gasteiger partial charge in [-0.25, -0.2) is 0 Å². The van der Waals surface area contributed by atoms with Crippen LogP contribution in [0.25, 0.3) is 0 Å². The van der Waals surface area contributed by atoms with Crippen LogP contribution >= 0.6 is 15.9 Å². The lowest BCUT2D eigenvalue weighted by Gasteiger charge is -2.33. The molecule has 1 saturated carbocycles. The third-order valence-corrected chi connectivity index (χ3v) is 5.07. The molecule has 1 unspecified atom stereocenters. The summed E-state index contributed by atoms with van der Waals surface area (Å²) in [4.78, 5) is 2.46. The van der Waals surface area contributed by atoms with E-state index in [4.69, 9.17) is 5.73 Å². The van der Waals surface area contributed by atoms with E-state index in [1.165, 1.54) is 44.1 Å². The van der Waals surface area contributed by atoms with Gasteiger partial charge >= 0.3 is 0 Å². The van der Waals surface area contributed by atoms with Crippen LogP contribution in [0.2, 0.25) is 0 Å². The Balaban J connectivity index is 1.98. The lowest BCUT2D eigenvalue weighted by molar-refractivity contribution is 0.160. The van der Waals surface area contributed by atoms with Crippen molar-refractivity contribution in [3.63, 3.8) is 0 Å². The maximum atomic E-state index is 6.09. The molecule has 0 spiro atoms. The van der Waals surface area contributed by atoms with Crippen molar-refractivity contribution >= 4 is 15.9 Å². The lowest BCUT2D eigenvalue weighted by atomic mass is 9.90. The summed E-state index contributed by atoms with van der Waals surface area (Å²) in [5, 5.41) is 0. The zero-order valence-electron chi connectivity index (χ0n) is 12.5. The van der Waals surface area contributed by atoms with Crippen LogP contribution in [0.15, 0.2) is 28.7 Å². The van der Waals surface area contributed by atoms with E-state index in [0.717, 1.165) is 23.5 Å². The molecule has 0 aromatic heterocycles. The predicted octanol–water partition coefficient (Wildman–Crippen LogP) is 4.18. The number of halogens is 1. The fourth-order valence-corrected chi connectivity index (χ4v) is 3.92. The second kappa shape index (κ2) is 8.16. The maximum absolute atomic E-state index is 6.09. The number of likely N-dealkylation sites (N-methyl/N-ethyl adjacent to an activating group) is 1. The molecular formula is C17H27BrN2. The van der Waals surface area contributed by atoms with Crippen LogP contribution in [0.1, 0.15) is 44.1 Å². The van der Waals surface area contributed by atoms with E-state index in [-0.39, 0.29) is 0 Å². The average molecular weight is 339 g/mol. The van der Waals surface area contributed by atoms with Crippen LogP contribution in [0.3, 0.4) is 0 Å². The second-order valence-corrected chi connectivity index (χ2v) is 7.02. The van der Waals surface area contributed by atoms with Crippen molar-refractivity contribution in [2.75, 3.05) is 13.6 Å². The van der Waals surface area contributed by atoms with Gasteiger partial charge in [0, 0.05) is 23.6 Å². The highest BCUT2D eigenvalue weighted by Gasteiger charge is 2.24. The Bertz CT molecular complexity index is 400. The van der Waals surface area contributed by atoms with Crippen molar-refractivity contribution in [2.24, 2.45) is 11.7 Å². The SMILES string of the molecule is CN(Cc1cccc(Br)c1)C(CN)C1CCCCCC1. The molecule has 0 heterocycles. The third kappa shape index (κ3) is 4.57. The zero-order chi connectivity index (χ0) is 14.4. The van der Waals surface area contributed by atoms with Crippen molar-refractivity contribution < 1.29 is 0 Å². The fourth-order valence-electron chi connectivity index (χ4n) is 3.47. The molecule has 0 saturated heterocycles. The Morgan fingerprint density at radius 2 is 1.95 bits per heavy atom. The van der Waals surface area contributed by atoms with Gasteiger partial charge in [0.05, 0.1) is 0 Å². The van der Waals surface area contributed by atoms with Crippen molar-refractivity contribution in [3.8, 4) is 0 Å². The van der Waals surface area contributed by atoms with Gasteiger partial charge in [0.1, 0.15) is 0 Å². The molecule has 2 rings (SSSR count). The van der Waals surface area contributed by atoms with E-state index in [0.29, 0.717) is 6.04 Å². The lowest BCUT2D eigenvalue weighted by Crippen LogP contribution is -2.43. The Hall–Kier alpha value is -0.380. The maximum Gasteiger partial charge on any atom is 0.0247 e.